The third kappa shape index (κ3) is 1.78. The number of nitrogens with one attached hydrogen (secondary N) is 1. The van der Waals surface area contributed by atoms with E-state index in [1.165, 1.54) is 50.6 Å². The van der Waals surface area contributed by atoms with Gasteiger partial charge in [0.15, 0.2) is 0 Å². The number of hydrogen-bond donors (Lipinski definition) is 1. The van der Waals surface area contributed by atoms with Crippen LogP contribution in [0.5, 0.6) is 0 Å². The number of fused-ring (bicyclic) bond motifs is 1. The Kier molecular flexibility index (Phi) is 2.72. The van der Waals surface area contributed by atoms with Crippen LogP contribution in [0.1, 0.15) is 54.0 Å². The summed E-state index contributed by atoms with van der Waals surface area (Å²) in [6.07, 6.45) is 8.02. The first-order valence-electron chi connectivity index (χ1n) is 6.70. The van der Waals surface area contributed by atoms with Crippen molar-refractivity contribution in [1.82, 2.24) is 5.32 Å². The number of aryl methyl sites for hydroxylation is 3. The molecule has 1 N–H and O–H groups in total. The maximum atomic E-state index is 3.62. The molecule has 1 heterocycles. The molecule has 86 valence electrons. The molecule has 0 bridgehead atoms. The predicted molar refractivity (Wildman–Crippen MR) is 67.8 cm³/mol. The molecule has 0 amide bonds. The molecule has 1 aliphatic heterocycles. The summed E-state index contributed by atoms with van der Waals surface area (Å²) >= 11 is 0. The van der Waals surface area contributed by atoms with Crippen LogP contribution in [0.2, 0.25) is 0 Å². The molecular weight excluding hydrogens is 194 g/mol. The minimum absolute atomic E-state index is 0.632. The molecule has 0 unspecified atom stereocenters. The molecule has 2 aliphatic rings. The highest BCUT2D eigenvalue weighted by atomic mass is 14.9. The molecule has 1 aromatic carbocycles. The Hall–Kier alpha value is -0.820. The van der Waals surface area contributed by atoms with Gasteiger partial charge in [-0.25, -0.2) is 0 Å². The van der Waals surface area contributed by atoms with Gasteiger partial charge in [-0.2, -0.15) is 0 Å². The molecule has 1 fully saturated rings. The highest BCUT2D eigenvalue weighted by molar-refractivity contribution is 5.41. The van der Waals surface area contributed by atoms with Crippen molar-refractivity contribution in [3.05, 3.63) is 34.4 Å². The molecule has 16 heavy (non-hydrogen) atoms. The average molecular weight is 215 g/mol. The molecule has 1 heteroatoms. The summed E-state index contributed by atoms with van der Waals surface area (Å²) in [5.74, 6) is 0. The van der Waals surface area contributed by atoms with Crippen LogP contribution in [-0.2, 0) is 12.8 Å². The molecule has 1 nitrogen and oxygen atoms in total. The zero-order valence-corrected chi connectivity index (χ0v) is 10.2. The topological polar surface area (TPSA) is 12.0 Å². The fourth-order valence-corrected chi connectivity index (χ4v) is 3.25. The lowest BCUT2D eigenvalue weighted by atomic mass is 9.86. The van der Waals surface area contributed by atoms with Crippen LogP contribution in [0.4, 0.5) is 0 Å². The monoisotopic (exact) mass is 215 g/mol. The third-order valence-electron chi connectivity index (χ3n) is 4.17. The second kappa shape index (κ2) is 4.21. The number of rotatable bonds is 1. The number of hydrogen-bond acceptors (Lipinski definition) is 1. The summed E-state index contributed by atoms with van der Waals surface area (Å²) in [4.78, 5) is 0. The van der Waals surface area contributed by atoms with Gasteiger partial charge in [0.1, 0.15) is 0 Å². The lowest BCUT2D eigenvalue weighted by Gasteiger charge is -2.21. The molecule has 0 spiro atoms. The molecule has 1 atom stereocenters. The van der Waals surface area contributed by atoms with E-state index in [9.17, 15) is 0 Å². The Morgan fingerprint density at radius 2 is 1.81 bits per heavy atom. The van der Waals surface area contributed by atoms with Crippen molar-refractivity contribution in [2.24, 2.45) is 0 Å². The fourth-order valence-electron chi connectivity index (χ4n) is 3.25. The Morgan fingerprint density at radius 1 is 1.06 bits per heavy atom. The van der Waals surface area contributed by atoms with Gasteiger partial charge in [-0.1, -0.05) is 12.1 Å². The van der Waals surface area contributed by atoms with Crippen molar-refractivity contribution in [2.75, 3.05) is 6.54 Å². The minimum Gasteiger partial charge on any atom is -0.310 e. The van der Waals surface area contributed by atoms with Crippen molar-refractivity contribution in [2.45, 2.75) is 51.5 Å². The van der Waals surface area contributed by atoms with Crippen LogP contribution >= 0.6 is 0 Å². The van der Waals surface area contributed by atoms with Gasteiger partial charge in [0.05, 0.1) is 0 Å². The maximum absolute atomic E-state index is 3.62. The van der Waals surface area contributed by atoms with Crippen molar-refractivity contribution < 1.29 is 0 Å². The summed E-state index contributed by atoms with van der Waals surface area (Å²) in [5.41, 5.74) is 6.31. The van der Waals surface area contributed by atoms with Gasteiger partial charge in [-0.3, -0.25) is 0 Å². The second-order valence-electron chi connectivity index (χ2n) is 5.33. The van der Waals surface area contributed by atoms with Crippen LogP contribution in [0.15, 0.2) is 12.1 Å². The van der Waals surface area contributed by atoms with Crippen molar-refractivity contribution in [1.29, 1.82) is 0 Å². The van der Waals surface area contributed by atoms with Gasteiger partial charge in [-0.15, -0.1) is 0 Å². The van der Waals surface area contributed by atoms with E-state index < -0.39 is 0 Å². The Labute approximate surface area is 98.3 Å². The molecule has 3 rings (SSSR count). The summed E-state index contributed by atoms with van der Waals surface area (Å²) < 4.78 is 0. The first-order chi connectivity index (χ1) is 7.84. The quantitative estimate of drug-likeness (QED) is 0.758. The van der Waals surface area contributed by atoms with E-state index in [0.717, 1.165) is 0 Å². The molecule has 1 aliphatic carbocycles. The molecule has 1 saturated heterocycles. The summed E-state index contributed by atoms with van der Waals surface area (Å²) in [6, 6.07) is 5.57. The SMILES string of the molecule is Cc1cc2c(cc1[C@H]1CCCN1)CCCC2. The second-order valence-corrected chi connectivity index (χ2v) is 5.33. The van der Waals surface area contributed by atoms with Gasteiger partial charge in [0.2, 0.25) is 0 Å². The molecule has 0 radical (unpaired) electrons. The van der Waals surface area contributed by atoms with Gasteiger partial charge >= 0.3 is 0 Å². The zero-order chi connectivity index (χ0) is 11.0. The van der Waals surface area contributed by atoms with Crippen LogP contribution in [0.25, 0.3) is 0 Å². The van der Waals surface area contributed by atoms with Crippen LogP contribution in [0.3, 0.4) is 0 Å². The van der Waals surface area contributed by atoms with E-state index in [1.807, 2.05) is 0 Å². The average Bonchev–Trinajstić information content (AvgIpc) is 2.81. The summed E-state index contributed by atoms with van der Waals surface area (Å²) in [6.45, 7) is 3.48. The van der Waals surface area contributed by atoms with Gasteiger partial charge in [-0.05, 0) is 74.2 Å². The Balaban J connectivity index is 1.98. The van der Waals surface area contributed by atoms with E-state index >= 15 is 0 Å². The van der Waals surface area contributed by atoms with E-state index in [0.29, 0.717) is 6.04 Å². The normalized spacial score (nSPS) is 24.4. The largest absolute Gasteiger partial charge is 0.310 e. The Bertz CT molecular complexity index is 389. The van der Waals surface area contributed by atoms with Crippen molar-refractivity contribution in [3.8, 4) is 0 Å². The van der Waals surface area contributed by atoms with E-state index in [1.54, 1.807) is 16.7 Å². The first kappa shape index (κ1) is 10.3. The van der Waals surface area contributed by atoms with E-state index in [-0.39, 0.29) is 0 Å². The molecule has 0 saturated carbocycles. The third-order valence-corrected chi connectivity index (χ3v) is 4.17. The van der Waals surface area contributed by atoms with Crippen LogP contribution in [-0.4, -0.2) is 6.54 Å². The van der Waals surface area contributed by atoms with Gasteiger partial charge in [0, 0.05) is 6.04 Å². The van der Waals surface area contributed by atoms with Crippen molar-refractivity contribution >= 4 is 0 Å². The van der Waals surface area contributed by atoms with Crippen LogP contribution < -0.4 is 5.32 Å². The summed E-state index contributed by atoms with van der Waals surface area (Å²) in [7, 11) is 0. The van der Waals surface area contributed by atoms with Crippen LogP contribution in [0, 0.1) is 6.92 Å². The van der Waals surface area contributed by atoms with Gasteiger partial charge in [0.25, 0.3) is 0 Å². The minimum atomic E-state index is 0.632. The highest BCUT2D eigenvalue weighted by Gasteiger charge is 2.20. The maximum Gasteiger partial charge on any atom is 0.0323 e. The molecule has 1 aromatic rings. The summed E-state index contributed by atoms with van der Waals surface area (Å²) in [5, 5.41) is 3.62. The van der Waals surface area contributed by atoms with Crippen molar-refractivity contribution in [3.63, 3.8) is 0 Å². The molecular formula is C15H21N. The smallest absolute Gasteiger partial charge is 0.0323 e. The number of benzene rings is 1. The van der Waals surface area contributed by atoms with E-state index in [4.69, 9.17) is 0 Å². The fraction of sp³-hybridized carbons (Fsp3) is 0.600. The first-order valence-corrected chi connectivity index (χ1v) is 6.70. The Morgan fingerprint density at radius 3 is 2.50 bits per heavy atom. The van der Waals surface area contributed by atoms with Gasteiger partial charge < -0.3 is 5.32 Å². The van der Waals surface area contributed by atoms with E-state index in [2.05, 4.69) is 24.4 Å². The lowest BCUT2D eigenvalue weighted by Crippen LogP contribution is -2.15. The lowest BCUT2D eigenvalue weighted by molar-refractivity contribution is 0.634. The molecule has 0 aromatic heterocycles. The highest BCUT2D eigenvalue weighted by Crippen LogP contribution is 2.31. The predicted octanol–water partition coefficient (Wildman–Crippen LogP) is 3.30. The standard InChI is InChI=1S/C15H21N/c1-11-9-12-5-2-3-6-13(12)10-14(11)15-7-4-8-16-15/h9-10,15-16H,2-8H2,1H3/t15-/m1/s1. The zero-order valence-electron chi connectivity index (χ0n) is 10.2.